The Morgan fingerprint density at radius 2 is 1.85 bits per heavy atom. The second kappa shape index (κ2) is 9.90. The highest BCUT2D eigenvalue weighted by atomic mass is 16.5. The Morgan fingerprint density at radius 1 is 1.15 bits per heavy atom. The SMILES string of the molecule is COCC(=O)Nc1ccc(N2CCN(CCC3CCNCC3)CC2)cc1. The number of nitrogens with zero attached hydrogens (tertiary/aromatic N) is 2. The number of piperazine rings is 1. The van der Waals surface area contributed by atoms with E-state index in [4.69, 9.17) is 4.74 Å². The number of carbonyl (C=O) groups is 1. The molecule has 0 aliphatic carbocycles. The van der Waals surface area contributed by atoms with E-state index < -0.39 is 0 Å². The first-order valence-electron chi connectivity index (χ1n) is 9.81. The number of ether oxygens (including phenoxy) is 1. The Kier molecular flexibility index (Phi) is 7.29. The van der Waals surface area contributed by atoms with Crippen LogP contribution in [0.2, 0.25) is 0 Å². The van der Waals surface area contributed by atoms with Gasteiger partial charge in [-0.3, -0.25) is 9.69 Å². The molecule has 1 aromatic rings. The van der Waals surface area contributed by atoms with Crippen LogP contribution in [0.15, 0.2) is 24.3 Å². The third-order valence-corrected chi connectivity index (χ3v) is 5.48. The van der Waals surface area contributed by atoms with E-state index in [1.165, 1.54) is 51.7 Å². The predicted molar refractivity (Wildman–Crippen MR) is 106 cm³/mol. The molecule has 0 spiro atoms. The van der Waals surface area contributed by atoms with E-state index in [1.807, 2.05) is 12.1 Å². The number of amides is 1. The first-order valence-corrected chi connectivity index (χ1v) is 9.81. The van der Waals surface area contributed by atoms with E-state index in [-0.39, 0.29) is 12.5 Å². The summed E-state index contributed by atoms with van der Waals surface area (Å²) in [6.07, 6.45) is 4.03. The number of nitrogens with one attached hydrogen (secondary N) is 2. The highest BCUT2D eigenvalue weighted by molar-refractivity contribution is 5.91. The van der Waals surface area contributed by atoms with Crippen molar-refractivity contribution in [3.05, 3.63) is 24.3 Å². The Labute approximate surface area is 156 Å². The van der Waals surface area contributed by atoms with Crippen LogP contribution in [-0.2, 0) is 9.53 Å². The van der Waals surface area contributed by atoms with Gasteiger partial charge in [-0.25, -0.2) is 0 Å². The van der Waals surface area contributed by atoms with Gasteiger partial charge in [0.05, 0.1) is 0 Å². The maximum atomic E-state index is 11.6. The lowest BCUT2D eigenvalue weighted by molar-refractivity contribution is -0.119. The molecule has 2 aliphatic heterocycles. The number of carbonyl (C=O) groups excluding carboxylic acids is 1. The molecule has 0 atom stereocenters. The van der Waals surface area contributed by atoms with Gasteiger partial charge >= 0.3 is 0 Å². The molecule has 1 aromatic carbocycles. The molecule has 2 heterocycles. The van der Waals surface area contributed by atoms with E-state index in [0.717, 1.165) is 37.8 Å². The zero-order valence-electron chi connectivity index (χ0n) is 15.9. The van der Waals surface area contributed by atoms with Crippen molar-refractivity contribution < 1.29 is 9.53 Å². The maximum Gasteiger partial charge on any atom is 0.250 e. The molecule has 6 heteroatoms. The molecule has 2 N–H and O–H groups in total. The Balaban J connectivity index is 1.40. The normalized spacial score (nSPS) is 19.5. The average molecular weight is 361 g/mol. The Hall–Kier alpha value is -1.63. The third-order valence-electron chi connectivity index (χ3n) is 5.48. The van der Waals surface area contributed by atoms with Crippen molar-refractivity contribution in [2.24, 2.45) is 5.92 Å². The molecule has 0 bridgehead atoms. The first-order chi connectivity index (χ1) is 12.7. The fourth-order valence-electron chi connectivity index (χ4n) is 3.85. The molecule has 0 unspecified atom stereocenters. The number of rotatable bonds is 7. The summed E-state index contributed by atoms with van der Waals surface area (Å²) in [7, 11) is 1.52. The second-order valence-electron chi connectivity index (χ2n) is 7.34. The number of piperidine rings is 1. The lowest BCUT2D eigenvalue weighted by Gasteiger charge is -2.37. The van der Waals surface area contributed by atoms with Crippen LogP contribution < -0.4 is 15.5 Å². The average Bonchev–Trinajstić information content (AvgIpc) is 2.68. The second-order valence-corrected chi connectivity index (χ2v) is 7.34. The Bertz CT molecular complexity index is 549. The molecular formula is C20H32N4O2. The van der Waals surface area contributed by atoms with Crippen molar-refractivity contribution in [1.82, 2.24) is 10.2 Å². The largest absolute Gasteiger partial charge is 0.375 e. The fraction of sp³-hybridized carbons (Fsp3) is 0.650. The van der Waals surface area contributed by atoms with Gasteiger partial charge in [-0.15, -0.1) is 0 Å². The quantitative estimate of drug-likeness (QED) is 0.776. The van der Waals surface area contributed by atoms with Gasteiger partial charge in [-0.05, 0) is 69.1 Å². The highest BCUT2D eigenvalue weighted by Gasteiger charge is 2.19. The zero-order valence-corrected chi connectivity index (χ0v) is 15.9. The zero-order chi connectivity index (χ0) is 18.2. The summed E-state index contributed by atoms with van der Waals surface area (Å²) in [6, 6.07) is 8.11. The Morgan fingerprint density at radius 3 is 2.50 bits per heavy atom. The van der Waals surface area contributed by atoms with Crippen LogP contribution in [0.3, 0.4) is 0 Å². The van der Waals surface area contributed by atoms with E-state index in [1.54, 1.807) is 0 Å². The minimum Gasteiger partial charge on any atom is -0.375 e. The van der Waals surface area contributed by atoms with Gasteiger partial charge in [0.2, 0.25) is 5.91 Å². The minimum absolute atomic E-state index is 0.0844. The molecule has 2 aliphatic rings. The fourth-order valence-corrected chi connectivity index (χ4v) is 3.85. The number of hydrogen-bond acceptors (Lipinski definition) is 5. The molecule has 0 radical (unpaired) electrons. The number of methoxy groups -OCH3 is 1. The highest BCUT2D eigenvalue weighted by Crippen LogP contribution is 2.21. The molecule has 0 aromatic heterocycles. The lowest BCUT2D eigenvalue weighted by Crippen LogP contribution is -2.47. The molecule has 1 amide bonds. The van der Waals surface area contributed by atoms with Crippen molar-refractivity contribution in [1.29, 1.82) is 0 Å². The van der Waals surface area contributed by atoms with E-state index in [2.05, 4.69) is 32.6 Å². The van der Waals surface area contributed by atoms with Gasteiger partial charge in [0.15, 0.2) is 0 Å². The predicted octanol–water partition coefficient (Wildman–Crippen LogP) is 1.78. The van der Waals surface area contributed by atoms with Crippen LogP contribution in [0, 0.1) is 5.92 Å². The van der Waals surface area contributed by atoms with Crippen LogP contribution in [0.4, 0.5) is 11.4 Å². The van der Waals surface area contributed by atoms with Crippen LogP contribution in [0.25, 0.3) is 0 Å². The van der Waals surface area contributed by atoms with Crippen molar-refractivity contribution in [3.8, 4) is 0 Å². The smallest absolute Gasteiger partial charge is 0.250 e. The van der Waals surface area contributed by atoms with Gasteiger partial charge < -0.3 is 20.3 Å². The summed E-state index contributed by atoms with van der Waals surface area (Å²) < 4.78 is 4.84. The van der Waals surface area contributed by atoms with E-state index >= 15 is 0 Å². The van der Waals surface area contributed by atoms with Gasteiger partial charge in [0.1, 0.15) is 6.61 Å². The summed E-state index contributed by atoms with van der Waals surface area (Å²) in [5, 5.41) is 6.28. The van der Waals surface area contributed by atoms with Gasteiger partial charge in [0, 0.05) is 44.7 Å². The lowest BCUT2D eigenvalue weighted by atomic mass is 9.94. The number of hydrogen-bond donors (Lipinski definition) is 2. The van der Waals surface area contributed by atoms with Gasteiger partial charge in [-0.2, -0.15) is 0 Å². The number of benzene rings is 1. The molecule has 6 nitrogen and oxygen atoms in total. The summed E-state index contributed by atoms with van der Waals surface area (Å²) in [5.41, 5.74) is 2.05. The van der Waals surface area contributed by atoms with Crippen LogP contribution >= 0.6 is 0 Å². The molecule has 26 heavy (non-hydrogen) atoms. The molecule has 2 fully saturated rings. The van der Waals surface area contributed by atoms with E-state index in [9.17, 15) is 4.79 Å². The van der Waals surface area contributed by atoms with Crippen LogP contribution in [0.5, 0.6) is 0 Å². The third kappa shape index (κ3) is 5.69. The molecule has 0 saturated carbocycles. The summed E-state index contributed by atoms with van der Waals surface area (Å²) >= 11 is 0. The van der Waals surface area contributed by atoms with Crippen LogP contribution in [-0.4, -0.2) is 70.3 Å². The number of anilines is 2. The maximum absolute atomic E-state index is 11.6. The van der Waals surface area contributed by atoms with Gasteiger partial charge in [0.25, 0.3) is 0 Å². The summed E-state index contributed by atoms with van der Waals surface area (Å²) in [5.74, 6) is 0.790. The van der Waals surface area contributed by atoms with E-state index in [0.29, 0.717) is 0 Å². The van der Waals surface area contributed by atoms with Crippen molar-refractivity contribution in [2.45, 2.75) is 19.3 Å². The molecular weight excluding hydrogens is 328 g/mol. The monoisotopic (exact) mass is 360 g/mol. The standard InChI is InChI=1S/C20H32N4O2/c1-26-16-20(25)22-18-2-4-19(5-3-18)24-14-12-23(13-15-24)11-8-17-6-9-21-10-7-17/h2-5,17,21H,6-16H2,1H3,(H,22,25). The topological polar surface area (TPSA) is 56.8 Å². The molecule has 3 rings (SSSR count). The van der Waals surface area contributed by atoms with Crippen LogP contribution in [0.1, 0.15) is 19.3 Å². The van der Waals surface area contributed by atoms with Crippen molar-refractivity contribution in [3.63, 3.8) is 0 Å². The van der Waals surface area contributed by atoms with Gasteiger partial charge in [-0.1, -0.05) is 0 Å². The molecule has 2 saturated heterocycles. The minimum atomic E-state index is -0.123. The first kappa shape index (κ1) is 19.1. The van der Waals surface area contributed by atoms with Crippen molar-refractivity contribution in [2.75, 3.05) is 69.7 Å². The molecule has 144 valence electrons. The summed E-state index contributed by atoms with van der Waals surface area (Å²) in [6.45, 7) is 8.13. The summed E-state index contributed by atoms with van der Waals surface area (Å²) in [4.78, 5) is 16.6. The van der Waals surface area contributed by atoms with Crippen molar-refractivity contribution >= 4 is 17.3 Å².